The third kappa shape index (κ3) is 3.55. The average molecular weight is 234 g/mol. The topological polar surface area (TPSA) is 83.6 Å². The number of nitrogens with zero attached hydrogens (tertiary/aromatic N) is 1. The normalized spacial score (nSPS) is 28.0. The highest BCUT2D eigenvalue weighted by molar-refractivity contribution is 7.85. The zero-order chi connectivity index (χ0) is 11.4. The molecule has 1 saturated heterocycles. The summed E-state index contributed by atoms with van der Waals surface area (Å²) < 4.78 is 11.3. The summed E-state index contributed by atoms with van der Waals surface area (Å²) in [7, 11) is -0.749. The summed E-state index contributed by atoms with van der Waals surface area (Å²) >= 11 is 0. The van der Waals surface area contributed by atoms with Gasteiger partial charge < -0.3 is 10.8 Å². The molecule has 1 aliphatic heterocycles. The fourth-order valence-corrected chi connectivity index (χ4v) is 2.80. The van der Waals surface area contributed by atoms with Crippen LogP contribution in [0.1, 0.15) is 13.3 Å². The van der Waals surface area contributed by atoms with Crippen molar-refractivity contribution >= 4 is 16.8 Å². The van der Waals surface area contributed by atoms with Crippen molar-refractivity contribution in [1.29, 1.82) is 0 Å². The van der Waals surface area contributed by atoms with Crippen LogP contribution in [0.15, 0.2) is 0 Å². The number of carboxylic acid groups (broad SMARTS) is 1. The minimum absolute atomic E-state index is 0.197. The maximum atomic E-state index is 11.3. The van der Waals surface area contributed by atoms with Crippen molar-refractivity contribution in [3.63, 3.8) is 0 Å². The first-order valence-electron chi connectivity index (χ1n) is 5.10. The van der Waals surface area contributed by atoms with Crippen LogP contribution in [0.4, 0.5) is 0 Å². The Balaban J connectivity index is 2.55. The first-order valence-corrected chi connectivity index (χ1v) is 6.58. The monoisotopic (exact) mass is 234 g/mol. The van der Waals surface area contributed by atoms with E-state index in [1.165, 1.54) is 0 Å². The molecule has 88 valence electrons. The quantitative estimate of drug-likeness (QED) is 0.670. The van der Waals surface area contributed by atoms with E-state index in [0.717, 1.165) is 13.0 Å². The lowest BCUT2D eigenvalue weighted by Gasteiger charge is -2.29. The van der Waals surface area contributed by atoms with E-state index < -0.39 is 22.8 Å². The molecule has 15 heavy (non-hydrogen) atoms. The highest BCUT2D eigenvalue weighted by Crippen LogP contribution is 2.08. The first-order chi connectivity index (χ1) is 7.02. The largest absolute Gasteiger partial charge is 0.480 e. The molecule has 0 aromatic heterocycles. The molecule has 0 radical (unpaired) electrons. The summed E-state index contributed by atoms with van der Waals surface area (Å²) in [5.41, 5.74) is 5.56. The van der Waals surface area contributed by atoms with Crippen molar-refractivity contribution in [3.05, 3.63) is 0 Å². The minimum Gasteiger partial charge on any atom is -0.480 e. The first kappa shape index (κ1) is 12.6. The summed E-state index contributed by atoms with van der Waals surface area (Å²) in [6.45, 7) is 3.27. The average Bonchev–Trinajstić information content (AvgIpc) is 2.40. The summed E-state index contributed by atoms with van der Waals surface area (Å²) in [6.07, 6.45) is 0.850. The molecule has 0 saturated carbocycles. The Morgan fingerprint density at radius 2 is 2.13 bits per heavy atom. The van der Waals surface area contributed by atoms with Gasteiger partial charge in [0.25, 0.3) is 0 Å². The molecule has 0 aromatic carbocycles. The number of aliphatic carboxylic acids is 1. The third-order valence-corrected chi connectivity index (χ3v) is 4.19. The molecule has 3 N–H and O–H groups in total. The third-order valence-electron chi connectivity index (χ3n) is 2.80. The van der Waals surface area contributed by atoms with Crippen molar-refractivity contribution in [1.82, 2.24) is 4.90 Å². The molecule has 3 atom stereocenters. The van der Waals surface area contributed by atoms with Crippen LogP contribution in [0.5, 0.6) is 0 Å². The van der Waals surface area contributed by atoms with Crippen molar-refractivity contribution in [3.8, 4) is 0 Å². The smallest absolute Gasteiger partial charge is 0.322 e. The van der Waals surface area contributed by atoms with Gasteiger partial charge in [-0.2, -0.15) is 0 Å². The van der Waals surface area contributed by atoms with E-state index in [-0.39, 0.29) is 6.04 Å². The second kappa shape index (κ2) is 5.58. The zero-order valence-corrected chi connectivity index (χ0v) is 9.70. The number of carboxylic acids is 1. The molecule has 0 amide bonds. The summed E-state index contributed by atoms with van der Waals surface area (Å²) in [5.74, 6) is 0.357. The fraction of sp³-hybridized carbons (Fsp3) is 0.889. The van der Waals surface area contributed by atoms with Gasteiger partial charge in [0.2, 0.25) is 0 Å². The molecule has 6 heteroatoms. The minimum atomic E-state index is -0.979. The van der Waals surface area contributed by atoms with Crippen LogP contribution in [-0.4, -0.2) is 56.9 Å². The molecular weight excluding hydrogens is 216 g/mol. The van der Waals surface area contributed by atoms with Gasteiger partial charge in [0, 0.05) is 34.9 Å². The summed E-state index contributed by atoms with van der Waals surface area (Å²) in [5, 5.41) is 8.79. The summed E-state index contributed by atoms with van der Waals surface area (Å²) in [4.78, 5) is 12.7. The van der Waals surface area contributed by atoms with Crippen molar-refractivity contribution in [2.75, 3.05) is 24.6 Å². The van der Waals surface area contributed by atoms with Gasteiger partial charge in [-0.25, -0.2) is 0 Å². The Morgan fingerprint density at radius 3 is 2.73 bits per heavy atom. The van der Waals surface area contributed by atoms with Gasteiger partial charge in [0.1, 0.15) is 6.04 Å². The van der Waals surface area contributed by atoms with Crippen LogP contribution in [-0.2, 0) is 15.6 Å². The van der Waals surface area contributed by atoms with E-state index in [0.29, 0.717) is 18.1 Å². The Morgan fingerprint density at radius 1 is 1.47 bits per heavy atom. The highest BCUT2D eigenvalue weighted by Gasteiger charge is 2.26. The molecule has 1 fully saturated rings. The predicted octanol–water partition coefficient (Wildman–Crippen LogP) is -0.759. The van der Waals surface area contributed by atoms with Crippen molar-refractivity contribution in [2.24, 2.45) is 5.73 Å². The molecule has 5 nitrogen and oxygen atoms in total. The van der Waals surface area contributed by atoms with Gasteiger partial charge in [-0.1, -0.05) is 0 Å². The number of nitrogens with two attached hydrogens (primary N) is 1. The standard InChI is InChI=1S/C9H18N2O3S/c1-7(8(10)9(12)13)11-3-2-5-15(14)6-4-11/h7-8H,2-6,10H2,1H3,(H,12,13). The van der Waals surface area contributed by atoms with Crippen LogP contribution in [0.25, 0.3) is 0 Å². The van der Waals surface area contributed by atoms with Gasteiger partial charge >= 0.3 is 5.97 Å². The van der Waals surface area contributed by atoms with Crippen molar-refractivity contribution < 1.29 is 14.1 Å². The van der Waals surface area contributed by atoms with Crippen LogP contribution in [0.2, 0.25) is 0 Å². The molecule has 1 rings (SSSR count). The Labute approximate surface area is 92.1 Å². The Kier molecular flexibility index (Phi) is 4.69. The predicted molar refractivity (Wildman–Crippen MR) is 59.1 cm³/mol. The zero-order valence-electron chi connectivity index (χ0n) is 8.89. The highest BCUT2D eigenvalue weighted by atomic mass is 32.2. The number of carbonyl (C=O) groups is 1. The maximum absolute atomic E-state index is 11.3. The second-order valence-corrected chi connectivity index (χ2v) is 5.54. The molecule has 1 heterocycles. The van der Waals surface area contributed by atoms with Gasteiger partial charge in [-0.15, -0.1) is 0 Å². The summed E-state index contributed by atoms with van der Waals surface area (Å²) in [6, 6.07) is -1.06. The lowest BCUT2D eigenvalue weighted by molar-refractivity contribution is -0.140. The van der Waals surface area contributed by atoms with Gasteiger partial charge in [-0.3, -0.25) is 13.9 Å². The molecule has 3 unspecified atom stereocenters. The van der Waals surface area contributed by atoms with Crippen molar-refractivity contribution in [2.45, 2.75) is 25.4 Å². The Hall–Kier alpha value is -0.460. The Bertz CT molecular complexity index is 260. The maximum Gasteiger partial charge on any atom is 0.322 e. The molecule has 0 aliphatic carbocycles. The number of rotatable bonds is 3. The molecular formula is C9H18N2O3S. The lowest BCUT2D eigenvalue weighted by atomic mass is 10.1. The van der Waals surface area contributed by atoms with E-state index in [4.69, 9.17) is 10.8 Å². The lowest BCUT2D eigenvalue weighted by Crippen LogP contribution is -2.50. The molecule has 0 bridgehead atoms. The van der Waals surface area contributed by atoms with Gasteiger partial charge in [-0.05, 0) is 19.9 Å². The van der Waals surface area contributed by atoms with Gasteiger partial charge in [0.05, 0.1) is 0 Å². The van der Waals surface area contributed by atoms with E-state index >= 15 is 0 Å². The van der Waals surface area contributed by atoms with Crippen LogP contribution < -0.4 is 5.73 Å². The second-order valence-electron chi connectivity index (χ2n) is 3.84. The van der Waals surface area contributed by atoms with E-state index in [9.17, 15) is 9.00 Å². The number of hydrogen-bond acceptors (Lipinski definition) is 4. The molecule has 0 spiro atoms. The van der Waals surface area contributed by atoms with Crippen LogP contribution >= 0.6 is 0 Å². The van der Waals surface area contributed by atoms with Crippen LogP contribution in [0.3, 0.4) is 0 Å². The van der Waals surface area contributed by atoms with E-state index in [1.807, 2.05) is 11.8 Å². The van der Waals surface area contributed by atoms with E-state index in [1.54, 1.807) is 0 Å². The molecule has 1 aliphatic rings. The van der Waals surface area contributed by atoms with E-state index in [2.05, 4.69) is 0 Å². The van der Waals surface area contributed by atoms with Crippen LogP contribution in [0, 0.1) is 0 Å². The van der Waals surface area contributed by atoms with Gasteiger partial charge in [0.15, 0.2) is 0 Å². The molecule has 0 aromatic rings. The fourth-order valence-electron chi connectivity index (χ4n) is 1.70. The SMILES string of the molecule is CC(C(N)C(=O)O)N1CCCS(=O)CC1. The number of hydrogen-bond donors (Lipinski definition) is 2.